The zero-order valence-electron chi connectivity index (χ0n) is 10.1. The van der Waals surface area contributed by atoms with Crippen molar-refractivity contribution < 1.29 is 9.53 Å². The highest BCUT2D eigenvalue weighted by atomic mass is 16.5. The molecule has 88 valence electrons. The summed E-state index contributed by atoms with van der Waals surface area (Å²) in [4.78, 5) is 11.6. The van der Waals surface area contributed by atoms with E-state index in [1.807, 2.05) is 20.8 Å². The third-order valence-electron chi connectivity index (χ3n) is 3.09. The smallest absolute Gasteiger partial charge is 0.325 e. The quantitative estimate of drug-likeness (QED) is 0.711. The molecule has 0 aliphatic heterocycles. The lowest BCUT2D eigenvalue weighted by atomic mass is 10.0. The van der Waals surface area contributed by atoms with Crippen LogP contribution in [-0.4, -0.2) is 24.7 Å². The van der Waals surface area contributed by atoms with Crippen LogP contribution in [0.2, 0.25) is 0 Å². The molecule has 3 nitrogen and oxygen atoms in total. The minimum absolute atomic E-state index is 0.150. The van der Waals surface area contributed by atoms with Crippen molar-refractivity contribution in [2.24, 2.45) is 5.92 Å². The van der Waals surface area contributed by atoms with Gasteiger partial charge in [0.15, 0.2) is 0 Å². The van der Waals surface area contributed by atoms with E-state index in [-0.39, 0.29) is 5.97 Å². The Morgan fingerprint density at radius 2 is 2.00 bits per heavy atom. The lowest BCUT2D eigenvalue weighted by Crippen LogP contribution is -2.49. The minimum atomic E-state index is -0.543. The topological polar surface area (TPSA) is 38.3 Å². The number of carbonyl (C=O) groups excluding carboxylic acids is 1. The minimum Gasteiger partial charge on any atom is -0.465 e. The molecule has 0 saturated heterocycles. The van der Waals surface area contributed by atoms with Crippen molar-refractivity contribution in [1.82, 2.24) is 5.32 Å². The molecule has 1 fully saturated rings. The van der Waals surface area contributed by atoms with Gasteiger partial charge in [-0.2, -0.15) is 0 Å². The molecular weight excluding hydrogens is 190 g/mol. The monoisotopic (exact) mass is 213 g/mol. The number of esters is 1. The van der Waals surface area contributed by atoms with Crippen LogP contribution < -0.4 is 5.32 Å². The Hall–Kier alpha value is -0.570. The van der Waals surface area contributed by atoms with Gasteiger partial charge in [-0.15, -0.1) is 0 Å². The SMILES string of the molecule is CCOC(=O)C(C)(C)NCC1CCCC1. The highest BCUT2D eigenvalue weighted by Gasteiger charge is 2.29. The van der Waals surface area contributed by atoms with Gasteiger partial charge in [-0.3, -0.25) is 4.79 Å². The highest BCUT2D eigenvalue weighted by molar-refractivity contribution is 5.79. The summed E-state index contributed by atoms with van der Waals surface area (Å²) in [5.41, 5.74) is -0.543. The maximum atomic E-state index is 11.6. The highest BCUT2D eigenvalue weighted by Crippen LogP contribution is 2.24. The van der Waals surface area contributed by atoms with Gasteiger partial charge in [0.05, 0.1) is 6.61 Å². The lowest BCUT2D eigenvalue weighted by molar-refractivity contribution is -0.149. The average molecular weight is 213 g/mol. The molecule has 0 spiro atoms. The Kier molecular flexibility index (Phi) is 4.58. The van der Waals surface area contributed by atoms with Gasteiger partial charge in [0, 0.05) is 0 Å². The van der Waals surface area contributed by atoms with Gasteiger partial charge in [0.1, 0.15) is 5.54 Å². The standard InChI is InChI=1S/C12H23NO2/c1-4-15-11(14)12(2,3)13-9-10-7-5-6-8-10/h10,13H,4-9H2,1-3H3. The third-order valence-corrected chi connectivity index (χ3v) is 3.09. The molecule has 0 atom stereocenters. The molecule has 1 saturated carbocycles. The van der Waals surface area contributed by atoms with Crippen molar-refractivity contribution in [1.29, 1.82) is 0 Å². The van der Waals surface area contributed by atoms with Crippen LogP contribution in [0.3, 0.4) is 0 Å². The number of hydrogen-bond acceptors (Lipinski definition) is 3. The molecule has 15 heavy (non-hydrogen) atoms. The predicted molar refractivity (Wildman–Crippen MR) is 60.7 cm³/mol. The zero-order valence-corrected chi connectivity index (χ0v) is 10.1. The van der Waals surface area contributed by atoms with E-state index in [2.05, 4.69) is 5.32 Å². The second-order valence-electron chi connectivity index (χ2n) is 4.88. The molecule has 0 aromatic carbocycles. The summed E-state index contributed by atoms with van der Waals surface area (Å²) in [7, 11) is 0. The first kappa shape index (κ1) is 12.5. The van der Waals surface area contributed by atoms with Crippen molar-refractivity contribution in [2.45, 2.75) is 52.0 Å². The largest absolute Gasteiger partial charge is 0.465 e. The van der Waals surface area contributed by atoms with E-state index in [1.165, 1.54) is 25.7 Å². The van der Waals surface area contributed by atoms with Crippen molar-refractivity contribution in [2.75, 3.05) is 13.2 Å². The fourth-order valence-electron chi connectivity index (χ4n) is 2.00. The number of nitrogens with one attached hydrogen (secondary N) is 1. The molecule has 0 bridgehead atoms. The van der Waals surface area contributed by atoms with Crippen LogP contribution in [0.25, 0.3) is 0 Å². The van der Waals surface area contributed by atoms with E-state index in [0.717, 1.165) is 12.5 Å². The molecule has 0 heterocycles. The van der Waals surface area contributed by atoms with Gasteiger partial charge in [0.25, 0.3) is 0 Å². The Labute approximate surface area is 92.6 Å². The van der Waals surface area contributed by atoms with Crippen LogP contribution in [0.5, 0.6) is 0 Å². The van der Waals surface area contributed by atoms with Crippen molar-refractivity contribution in [3.63, 3.8) is 0 Å². The molecule has 0 amide bonds. The summed E-state index contributed by atoms with van der Waals surface area (Å²) in [5, 5.41) is 3.31. The first-order chi connectivity index (χ1) is 7.06. The zero-order chi connectivity index (χ0) is 11.3. The molecule has 1 aliphatic rings. The molecule has 1 N–H and O–H groups in total. The number of ether oxygens (including phenoxy) is 1. The van der Waals surface area contributed by atoms with Gasteiger partial charge in [-0.1, -0.05) is 12.8 Å². The number of hydrogen-bond donors (Lipinski definition) is 1. The Morgan fingerprint density at radius 3 is 2.53 bits per heavy atom. The van der Waals surface area contributed by atoms with Gasteiger partial charge in [-0.05, 0) is 46.1 Å². The van der Waals surface area contributed by atoms with Crippen LogP contribution in [0, 0.1) is 5.92 Å². The van der Waals surface area contributed by atoms with E-state index in [1.54, 1.807) is 0 Å². The summed E-state index contributed by atoms with van der Waals surface area (Å²) in [6.45, 7) is 7.00. The fourth-order valence-corrected chi connectivity index (χ4v) is 2.00. The summed E-state index contributed by atoms with van der Waals surface area (Å²) < 4.78 is 5.02. The van der Waals surface area contributed by atoms with Crippen molar-refractivity contribution >= 4 is 5.97 Å². The van der Waals surface area contributed by atoms with E-state index in [9.17, 15) is 4.79 Å². The van der Waals surface area contributed by atoms with Gasteiger partial charge >= 0.3 is 5.97 Å². The maximum absolute atomic E-state index is 11.6. The van der Waals surface area contributed by atoms with Crippen LogP contribution in [-0.2, 0) is 9.53 Å². The van der Waals surface area contributed by atoms with E-state index < -0.39 is 5.54 Å². The van der Waals surface area contributed by atoms with Crippen LogP contribution in [0.4, 0.5) is 0 Å². The molecule has 1 rings (SSSR count). The molecule has 0 radical (unpaired) electrons. The van der Waals surface area contributed by atoms with Crippen molar-refractivity contribution in [3.8, 4) is 0 Å². The van der Waals surface area contributed by atoms with Gasteiger partial charge in [0.2, 0.25) is 0 Å². The van der Waals surface area contributed by atoms with E-state index in [0.29, 0.717) is 6.61 Å². The first-order valence-electron chi connectivity index (χ1n) is 5.98. The summed E-state index contributed by atoms with van der Waals surface area (Å²) >= 11 is 0. The van der Waals surface area contributed by atoms with E-state index in [4.69, 9.17) is 4.74 Å². The van der Waals surface area contributed by atoms with Crippen LogP contribution in [0.15, 0.2) is 0 Å². The average Bonchev–Trinajstić information content (AvgIpc) is 2.68. The number of carbonyl (C=O) groups is 1. The lowest BCUT2D eigenvalue weighted by Gasteiger charge is -2.25. The van der Waals surface area contributed by atoms with Crippen molar-refractivity contribution in [3.05, 3.63) is 0 Å². The summed E-state index contributed by atoms with van der Waals surface area (Å²) in [6, 6.07) is 0. The molecule has 1 aliphatic carbocycles. The number of rotatable bonds is 5. The van der Waals surface area contributed by atoms with Gasteiger partial charge < -0.3 is 10.1 Å². The van der Waals surface area contributed by atoms with Gasteiger partial charge in [-0.25, -0.2) is 0 Å². The first-order valence-corrected chi connectivity index (χ1v) is 5.98. The second-order valence-corrected chi connectivity index (χ2v) is 4.88. The predicted octanol–water partition coefficient (Wildman–Crippen LogP) is 2.11. The van der Waals surface area contributed by atoms with E-state index >= 15 is 0 Å². The summed E-state index contributed by atoms with van der Waals surface area (Å²) in [6.07, 6.45) is 5.27. The summed E-state index contributed by atoms with van der Waals surface area (Å²) in [5.74, 6) is 0.599. The second kappa shape index (κ2) is 5.50. The fraction of sp³-hybridized carbons (Fsp3) is 0.917. The Morgan fingerprint density at radius 1 is 1.40 bits per heavy atom. The Balaban J connectivity index is 2.30. The molecular formula is C12H23NO2. The Bertz CT molecular complexity index is 208. The maximum Gasteiger partial charge on any atom is 0.325 e. The molecule has 3 heteroatoms. The van der Waals surface area contributed by atoms with Crippen LogP contribution >= 0.6 is 0 Å². The molecule has 0 unspecified atom stereocenters. The molecule has 0 aromatic heterocycles. The third kappa shape index (κ3) is 3.82. The van der Waals surface area contributed by atoms with Crippen LogP contribution in [0.1, 0.15) is 46.5 Å². The molecule has 0 aromatic rings. The normalized spacial score (nSPS) is 18.1.